The van der Waals surface area contributed by atoms with Gasteiger partial charge in [0, 0.05) is 18.7 Å². The zero-order chi connectivity index (χ0) is 21.4. The van der Waals surface area contributed by atoms with E-state index in [9.17, 15) is 18.0 Å². The van der Waals surface area contributed by atoms with Crippen LogP contribution in [-0.4, -0.2) is 32.5 Å². The molecule has 29 heavy (non-hydrogen) atoms. The maximum atomic E-state index is 12.0. The van der Waals surface area contributed by atoms with E-state index < -0.39 is 21.8 Å². The van der Waals surface area contributed by atoms with Crippen LogP contribution in [0, 0.1) is 0 Å². The maximum absolute atomic E-state index is 12.0. The number of ether oxygens (including phenoxy) is 1. The van der Waals surface area contributed by atoms with Gasteiger partial charge in [0.25, 0.3) is 10.0 Å². The summed E-state index contributed by atoms with van der Waals surface area (Å²) in [7, 11) is -2.34. The largest absolute Gasteiger partial charge is 0.497 e. The number of hydrogen-bond acceptors (Lipinski definition) is 6. The molecule has 152 valence electrons. The molecule has 0 aliphatic heterocycles. The lowest BCUT2D eigenvalue weighted by Crippen LogP contribution is -2.32. The van der Waals surface area contributed by atoms with Gasteiger partial charge in [-0.2, -0.15) is 0 Å². The number of sulfonamides is 1. The summed E-state index contributed by atoms with van der Waals surface area (Å²) in [6, 6.07) is 12.7. The van der Waals surface area contributed by atoms with Crippen LogP contribution < -0.4 is 20.1 Å². The van der Waals surface area contributed by atoms with E-state index in [4.69, 9.17) is 17.0 Å². The van der Waals surface area contributed by atoms with Crippen molar-refractivity contribution >= 4 is 50.9 Å². The smallest absolute Gasteiger partial charge is 0.264 e. The molecule has 0 bridgehead atoms. The summed E-state index contributed by atoms with van der Waals surface area (Å²) in [5.41, 5.74) is 1.28. The minimum atomic E-state index is -3.91. The summed E-state index contributed by atoms with van der Waals surface area (Å²) < 4.78 is 30.7. The SMILES string of the molecule is COc1ccc(/C=C/C(=O)NC(=S)Nc2ccc(S(=O)(=O)NC(C)=O)cc2)cc1. The Morgan fingerprint density at radius 2 is 1.66 bits per heavy atom. The highest BCUT2D eigenvalue weighted by Gasteiger charge is 2.15. The number of amides is 2. The Morgan fingerprint density at radius 3 is 2.21 bits per heavy atom. The van der Waals surface area contributed by atoms with Crippen molar-refractivity contribution in [2.24, 2.45) is 0 Å². The average molecular weight is 434 g/mol. The van der Waals surface area contributed by atoms with Gasteiger partial charge in [0.15, 0.2) is 5.11 Å². The van der Waals surface area contributed by atoms with E-state index in [2.05, 4.69) is 10.6 Å². The number of hydrogen-bond donors (Lipinski definition) is 3. The normalized spacial score (nSPS) is 11.0. The first-order valence-corrected chi connectivity index (χ1v) is 10.2. The van der Waals surface area contributed by atoms with Crippen LogP contribution in [0.2, 0.25) is 0 Å². The quantitative estimate of drug-likeness (QED) is 0.472. The van der Waals surface area contributed by atoms with E-state index in [1.165, 1.54) is 30.3 Å². The number of benzene rings is 2. The molecule has 0 aromatic heterocycles. The topological polar surface area (TPSA) is 114 Å². The summed E-state index contributed by atoms with van der Waals surface area (Å²) >= 11 is 5.07. The number of carbonyl (C=O) groups is 2. The highest BCUT2D eigenvalue weighted by atomic mass is 32.2. The van der Waals surface area contributed by atoms with E-state index >= 15 is 0 Å². The molecule has 2 rings (SSSR count). The molecule has 0 heterocycles. The van der Waals surface area contributed by atoms with Crippen LogP contribution >= 0.6 is 12.2 Å². The van der Waals surface area contributed by atoms with Gasteiger partial charge in [0.1, 0.15) is 5.75 Å². The molecule has 0 saturated heterocycles. The first-order valence-electron chi connectivity index (χ1n) is 8.27. The van der Waals surface area contributed by atoms with Crippen molar-refractivity contribution in [3.8, 4) is 5.75 Å². The third-order valence-corrected chi connectivity index (χ3v) is 5.13. The van der Waals surface area contributed by atoms with E-state index in [0.717, 1.165) is 12.5 Å². The van der Waals surface area contributed by atoms with Crippen LogP contribution in [-0.2, 0) is 19.6 Å². The summed E-state index contributed by atoms with van der Waals surface area (Å²) in [5, 5.41) is 5.31. The van der Waals surface area contributed by atoms with Crippen molar-refractivity contribution in [3.63, 3.8) is 0 Å². The Hall–Kier alpha value is -3.24. The highest BCUT2D eigenvalue weighted by molar-refractivity contribution is 7.90. The second-order valence-electron chi connectivity index (χ2n) is 5.74. The maximum Gasteiger partial charge on any atom is 0.264 e. The van der Waals surface area contributed by atoms with Gasteiger partial charge in [-0.1, -0.05) is 12.1 Å². The molecular weight excluding hydrogens is 414 g/mol. The summed E-state index contributed by atoms with van der Waals surface area (Å²) in [4.78, 5) is 22.8. The van der Waals surface area contributed by atoms with Crippen LogP contribution in [0.25, 0.3) is 6.08 Å². The average Bonchev–Trinajstić information content (AvgIpc) is 2.66. The fourth-order valence-electron chi connectivity index (χ4n) is 2.17. The molecule has 0 unspecified atom stereocenters. The Labute approximate surface area is 174 Å². The third kappa shape index (κ3) is 7.01. The minimum absolute atomic E-state index is 0.0480. The van der Waals surface area contributed by atoms with Crippen LogP contribution in [0.1, 0.15) is 12.5 Å². The number of anilines is 1. The highest BCUT2D eigenvalue weighted by Crippen LogP contribution is 2.14. The lowest BCUT2D eigenvalue weighted by atomic mass is 10.2. The van der Waals surface area contributed by atoms with Crippen molar-refractivity contribution in [1.29, 1.82) is 0 Å². The van der Waals surface area contributed by atoms with Crippen LogP contribution in [0.15, 0.2) is 59.5 Å². The fraction of sp³-hybridized carbons (Fsp3) is 0.105. The summed E-state index contributed by atoms with van der Waals surface area (Å²) in [5.74, 6) is -0.394. The van der Waals surface area contributed by atoms with Crippen molar-refractivity contribution in [2.45, 2.75) is 11.8 Å². The number of methoxy groups -OCH3 is 1. The zero-order valence-corrected chi connectivity index (χ0v) is 17.3. The van der Waals surface area contributed by atoms with Gasteiger partial charge in [-0.05, 0) is 60.3 Å². The molecule has 0 fully saturated rings. The molecule has 0 spiro atoms. The molecule has 3 N–H and O–H groups in total. The van der Waals surface area contributed by atoms with Gasteiger partial charge < -0.3 is 10.1 Å². The van der Waals surface area contributed by atoms with Crippen molar-refractivity contribution in [2.75, 3.05) is 12.4 Å². The number of thiocarbonyl (C=S) groups is 1. The van der Waals surface area contributed by atoms with Crippen LogP contribution in [0.5, 0.6) is 5.75 Å². The molecule has 2 aromatic carbocycles. The monoisotopic (exact) mass is 433 g/mol. The third-order valence-electron chi connectivity index (χ3n) is 3.48. The van der Waals surface area contributed by atoms with Gasteiger partial charge in [-0.3, -0.25) is 14.9 Å². The molecule has 8 nitrogen and oxygen atoms in total. The molecule has 0 atom stereocenters. The Balaban J connectivity index is 1.91. The van der Waals surface area contributed by atoms with Gasteiger partial charge in [-0.25, -0.2) is 13.1 Å². The van der Waals surface area contributed by atoms with Gasteiger partial charge >= 0.3 is 0 Å². The van der Waals surface area contributed by atoms with Crippen molar-refractivity contribution in [3.05, 3.63) is 60.2 Å². The lowest BCUT2D eigenvalue weighted by molar-refractivity contribution is -0.117. The van der Waals surface area contributed by atoms with E-state index in [1.54, 1.807) is 37.5 Å². The zero-order valence-electron chi connectivity index (χ0n) is 15.6. The Kier molecular flexibility index (Phi) is 7.46. The molecule has 2 aromatic rings. The molecule has 0 aliphatic rings. The summed E-state index contributed by atoms with van der Waals surface area (Å²) in [6.45, 7) is 1.11. The van der Waals surface area contributed by atoms with Crippen LogP contribution in [0.3, 0.4) is 0 Å². The second-order valence-corrected chi connectivity index (χ2v) is 7.83. The van der Waals surface area contributed by atoms with Gasteiger partial charge in [-0.15, -0.1) is 0 Å². The molecule has 2 amide bonds. The van der Waals surface area contributed by atoms with E-state index in [-0.39, 0.29) is 10.0 Å². The molecule has 10 heteroatoms. The first kappa shape index (κ1) is 22.1. The summed E-state index contributed by atoms with van der Waals surface area (Å²) in [6.07, 6.45) is 2.96. The Morgan fingerprint density at radius 1 is 1.03 bits per heavy atom. The minimum Gasteiger partial charge on any atom is -0.497 e. The predicted molar refractivity (Wildman–Crippen MR) is 114 cm³/mol. The number of carbonyl (C=O) groups excluding carboxylic acids is 2. The second kappa shape index (κ2) is 9.80. The molecule has 0 aliphatic carbocycles. The standard InChI is InChI=1S/C19H19N3O5S2/c1-13(23)22-29(25,26)17-10-6-15(7-11-17)20-19(28)21-18(24)12-5-14-3-8-16(27-2)9-4-14/h3-12H,1-2H3,(H,22,23)(H2,20,21,24,28)/b12-5+. The predicted octanol–water partition coefficient (Wildman–Crippen LogP) is 2.05. The Bertz CT molecular complexity index is 1030. The fourth-order valence-corrected chi connectivity index (χ4v) is 3.38. The van der Waals surface area contributed by atoms with Gasteiger partial charge in [0.2, 0.25) is 11.8 Å². The molecular formula is C19H19N3O5S2. The van der Waals surface area contributed by atoms with Crippen molar-refractivity contribution < 1.29 is 22.7 Å². The first-order chi connectivity index (χ1) is 13.7. The van der Waals surface area contributed by atoms with Crippen LogP contribution in [0.4, 0.5) is 5.69 Å². The van der Waals surface area contributed by atoms with E-state index in [1.807, 2.05) is 4.72 Å². The van der Waals surface area contributed by atoms with Gasteiger partial charge in [0.05, 0.1) is 12.0 Å². The molecule has 0 saturated carbocycles. The lowest BCUT2D eigenvalue weighted by Gasteiger charge is -2.09. The molecule has 0 radical (unpaired) electrons. The van der Waals surface area contributed by atoms with E-state index in [0.29, 0.717) is 11.4 Å². The number of rotatable bonds is 6. The van der Waals surface area contributed by atoms with Crippen molar-refractivity contribution in [1.82, 2.24) is 10.0 Å². The number of nitrogens with one attached hydrogen (secondary N) is 3.